The van der Waals surface area contributed by atoms with Crippen LogP contribution >= 0.6 is 11.3 Å². The lowest BCUT2D eigenvalue weighted by atomic mass is 9.94. The van der Waals surface area contributed by atoms with Gasteiger partial charge in [-0.3, -0.25) is 9.59 Å². The minimum absolute atomic E-state index is 0.0110. The first-order valence-electron chi connectivity index (χ1n) is 9.36. The predicted octanol–water partition coefficient (Wildman–Crippen LogP) is 2.45. The highest BCUT2D eigenvalue weighted by molar-refractivity contribution is 7.09. The number of rotatable bonds is 4. The molecule has 2 amide bonds. The van der Waals surface area contributed by atoms with E-state index in [4.69, 9.17) is 0 Å². The zero-order valence-corrected chi connectivity index (χ0v) is 15.6. The van der Waals surface area contributed by atoms with Crippen LogP contribution in [-0.2, 0) is 24.3 Å². The van der Waals surface area contributed by atoms with Crippen molar-refractivity contribution in [3.63, 3.8) is 0 Å². The monoisotopic (exact) mass is 372 g/mol. The van der Waals surface area contributed by atoms with Crippen LogP contribution in [0, 0.1) is 5.92 Å². The number of fused-ring (bicyclic) bond motifs is 1. The van der Waals surface area contributed by atoms with Crippen molar-refractivity contribution in [2.24, 2.45) is 5.92 Å². The second-order valence-corrected chi connectivity index (χ2v) is 8.11. The van der Waals surface area contributed by atoms with Gasteiger partial charge in [0.05, 0.1) is 24.5 Å². The number of piperidine rings is 1. The van der Waals surface area contributed by atoms with Crippen LogP contribution in [0.25, 0.3) is 0 Å². The fourth-order valence-corrected chi connectivity index (χ4v) is 4.54. The topological polar surface area (TPSA) is 67.2 Å². The van der Waals surface area contributed by atoms with Crippen LogP contribution in [0.3, 0.4) is 0 Å². The Morgan fingerprint density at radius 3 is 2.88 bits per heavy atom. The molecule has 1 atom stereocenters. The number of nitrogens with zero attached hydrogens (tertiary/aromatic N) is 3. The lowest BCUT2D eigenvalue weighted by Gasteiger charge is -2.32. The van der Waals surface area contributed by atoms with Gasteiger partial charge in [-0.05, 0) is 43.6 Å². The Balaban J connectivity index is 1.39. The molecule has 0 spiro atoms. The molecule has 4 heterocycles. The number of nitrogens with one attached hydrogen (secondary N) is 1. The average Bonchev–Trinajstić information content (AvgIpc) is 3.35. The second kappa shape index (κ2) is 7.61. The van der Waals surface area contributed by atoms with E-state index in [0.29, 0.717) is 18.8 Å². The molecule has 138 valence electrons. The molecule has 0 saturated carbocycles. The number of likely N-dealkylation sites (tertiary alicyclic amines) is 1. The molecule has 0 aromatic carbocycles. The first-order valence-corrected chi connectivity index (χ1v) is 10.2. The summed E-state index contributed by atoms with van der Waals surface area (Å²) in [6.45, 7) is 2.94. The summed E-state index contributed by atoms with van der Waals surface area (Å²) in [5, 5.41) is 4.94. The van der Waals surface area contributed by atoms with Crippen LogP contribution in [0.4, 0.5) is 0 Å². The Bertz CT molecular complexity index is 778. The van der Waals surface area contributed by atoms with E-state index in [9.17, 15) is 9.59 Å². The number of aromatic nitrogens is 2. The summed E-state index contributed by atoms with van der Waals surface area (Å²) in [7, 11) is 0. The van der Waals surface area contributed by atoms with E-state index in [1.807, 2.05) is 27.0 Å². The molecule has 1 unspecified atom stereocenters. The van der Waals surface area contributed by atoms with E-state index >= 15 is 0 Å². The maximum Gasteiger partial charge on any atom is 0.272 e. The van der Waals surface area contributed by atoms with Crippen LogP contribution in [-0.4, -0.2) is 39.4 Å². The van der Waals surface area contributed by atoms with Crippen molar-refractivity contribution in [2.45, 2.75) is 45.2 Å². The van der Waals surface area contributed by atoms with E-state index in [-0.39, 0.29) is 17.7 Å². The normalized spacial score (nSPS) is 19.8. The Morgan fingerprint density at radius 2 is 2.12 bits per heavy atom. The van der Waals surface area contributed by atoms with Crippen LogP contribution in [0.15, 0.2) is 23.8 Å². The van der Waals surface area contributed by atoms with Crippen molar-refractivity contribution < 1.29 is 9.59 Å². The quantitative estimate of drug-likeness (QED) is 0.896. The summed E-state index contributed by atoms with van der Waals surface area (Å²) in [6.07, 6.45) is 6.69. The lowest BCUT2D eigenvalue weighted by molar-refractivity contribution is -0.137. The van der Waals surface area contributed by atoms with Gasteiger partial charge < -0.3 is 14.8 Å². The molecular weight excluding hydrogens is 348 g/mol. The molecule has 1 fully saturated rings. The van der Waals surface area contributed by atoms with Gasteiger partial charge in [-0.25, -0.2) is 4.98 Å². The SMILES string of the molecule is O=C(NCc1cccs1)c1ncn2c1CCC(C(=O)N1CCCCC1)C2. The summed E-state index contributed by atoms with van der Waals surface area (Å²) < 4.78 is 2.00. The van der Waals surface area contributed by atoms with E-state index < -0.39 is 0 Å². The van der Waals surface area contributed by atoms with Gasteiger partial charge in [0.25, 0.3) is 5.91 Å². The fourth-order valence-electron chi connectivity index (χ4n) is 3.89. The van der Waals surface area contributed by atoms with Crippen molar-refractivity contribution in [3.8, 4) is 0 Å². The molecule has 2 aliphatic heterocycles. The van der Waals surface area contributed by atoms with E-state index in [2.05, 4.69) is 10.3 Å². The number of carbonyl (C=O) groups is 2. The van der Waals surface area contributed by atoms with Gasteiger partial charge in [0.15, 0.2) is 0 Å². The highest BCUT2D eigenvalue weighted by Gasteiger charge is 2.31. The van der Waals surface area contributed by atoms with Crippen LogP contribution < -0.4 is 5.32 Å². The van der Waals surface area contributed by atoms with Gasteiger partial charge in [0.1, 0.15) is 5.69 Å². The number of hydrogen-bond acceptors (Lipinski definition) is 4. The van der Waals surface area contributed by atoms with Gasteiger partial charge in [-0.2, -0.15) is 0 Å². The number of imidazole rings is 1. The number of hydrogen-bond donors (Lipinski definition) is 1. The largest absolute Gasteiger partial charge is 0.346 e. The van der Waals surface area contributed by atoms with Gasteiger partial charge in [-0.1, -0.05) is 6.07 Å². The zero-order valence-electron chi connectivity index (χ0n) is 14.8. The van der Waals surface area contributed by atoms with E-state index in [1.165, 1.54) is 6.42 Å². The Labute approximate surface area is 157 Å². The second-order valence-electron chi connectivity index (χ2n) is 7.08. The minimum atomic E-state index is -0.132. The number of thiophene rings is 1. The molecule has 1 N–H and O–H groups in total. The summed E-state index contributed by atoms with van der Waals surface area (Å²) in [6, 6.07) is 3.98. The zero-order chi connectivity index (χ0) is 17.9. The first-order chi connectivity index (χ1) is 12.7. The molecular formula is C19H24N4O2S. The van der Waals surface area contributed by atoms with Crippen molar-refractivity contribution in [3.05, 3.63) is 40.1 Å². The summed E-state index contributed by atoms with van der Waals surface area (Å²) >= 11 is 1.63. The molecule has 7 heteroatoms. The van der Waals surface area contributed by atoms with Crippen LogP contribution in [0.5, 0.6) is 0 Å². The highest BCUT2D eigenvalue weighted by atomic mass is 32.1. The third-order valence-corrected chi connectivity index (χ3v) is 6.20. The van der Waals surface area contributed by atoms with Gasteiger partial charge >= 0.3 is 0 Å². The predicted molar refractivity (Wildman–Crippen MR) is 100.0 cm³/mol. The number of amides is 2. The van der Waals surface area contributed by atoms with Crippen LogP contribution in [0.1, 0.15) is 46.7 Å². The molecule has 0 bridgehead atoms. The van der Waals surface area contributed by atoms with E-state index in [0.717, 1.165) is 49.3 Å². The molecule has 2 aromatic heterocycles. The molecule has 0 aliphatic carbocycles. The Morgan fingerprint density at radius 1 is 1.27 bits per heavy atom. The Hall–Kier alpha value is -2.15. The van der Waals surface area contributed by atoms with Crippen molar-refractivity contribution >= 4 is 23.2 Å². The first kappa shape index (κ1) is 17.3. The van der Waals surface area contributed by atoms with Gasteiger partial charge in [0, 0.05) is 24.5 Å². The standard InChI is InChI=1S/C19H24N4O2S/c24-18(20-11-15-5-4-10-26-15)17-16-7-6-14(12-23(16)13-21-17)19(25)22-8-2-1-3-9-22/h4-5,10,13-14H,1-3,6-9,11-12H2,(H,20,24). The summed E-state index contributed by atoms with van der Waals surface area (Å²) in [5.41, 5.74) is 1.46. The van der Waals surface area contributed by atoms with E-state index in [1.54, 1.807) is 17.7 Å². The maximum atomic E-state index is 12.8. The Kier molecular flexibility index (Phi) is 5.06. The van der Waals surface area contributed by atoms with Crippen molar-refractivity contribution in [1.29, 1.82) is 0 Å². The molecule has 0 radical (unpaired) electrons. The smallest absolute Gasteiger partial charge is 0.272 e. The van der Waals surface area contributed by atoms with Crippen molar-refractivity contribution in [2.75, 3.05) is 13.1 Å². The molecule has 1 saturated heterocycles. The molecule has 4 rings (SSSR count). The fraction of sp³-hybridized carbons (Fsp3) is 0.526. The molecule has 2 aromatic rings. The summed E-state index contributed by atoms with van der Waals surface area (Å²) in [5.74, 6) is 0.150. The lowest BCUT2D eigenvalue weighted by Crippen LogP contribution is -2.42. The molecule has 6 nitrogen and oxygen atoms in total. The molecule has 26 heavy (non-hydrogen) atoms. The molecule has 2 aliphatic rings. The third-order valence-electron chi connectivity index (χ3n) is 5.33. The third kappa shape index (κ3) is 3.53. The summed E-state index contributed by atoms with van der Waals surface area (Å²) in [4.78, 5) is 32.7. The number of carbonyl (C=O) groups excluding carboxylic acids is 2. The average molecular weight is 372 g/mol. The maximum absolute atomic E-state index is 12.8. The minimum Gasteiger partial charge on any atom is -0.346 e. The van der Waals surface area contributed by atoms with Gasteiger partial charge in [-0.15, -0.1) is 11.3 Å². The van der Waals surface area contributed by atoms with Crippen molar-refractivity contribution in [1.82, 2.24) is 19.8 Å². The highest BCUT2D eigenvalue weighted by Crippen LogP contribution is 2.25. The van der Waals surface area contributed by atoms with Gasteiger partial charge in [0.2, 0.25) is 5.91 Å². The van der Waals surface area contributed by atoms with Crippen LogP contribution in [0.2, 0.25) is 0 Å².